The molecule has 2 N–H and O–H groups in total. The fourth-order valence-corrected chi connectivity index (χ4v) is 4.45. The average molecular weight is 358 g/mol. The van der Waals surface area contributed by atoms with Crippen molar-refractivity contribution < 1.29 is 19.7 Å². The Balaban J connectivity index is 1.68. The molecule has 3 rings (SSSR count). The molecule has 0 aliphatic heterocycles. The minimum atomic E-state index is -0.825. The lowest BCUT2D eigenvalue weighted by molar-refractivity contribution is -0.136. The third-order valence-corrected chi connectivity index (χ3v) is 5.82. The van der Waals surface area contributed by atoms with Crippen molar-refractivity contribution in [3.05, 3.63) is 40.5 Å². The van der Waals surface area contributed by atoms with Crippen molar-refractivity contribution in [2.75, 3.05) is 6.61 Å². The Kier molecular flexibility index (Phi) is 6.36. The summed E-state index contributed by atoms with van der Waals surface area (Å²) in [5.41, 5.74) is 4.77. The summed E-state index contributed by atoms with van der Waals surface area (Å²) in [6.07, 6.45) is 8.87. The molecule has 2 aliphatic rings. The first kappa shape index (κ1) is 19.0. The van der Waals surface area contributed by atoms with Gasteiger partial charge in [0.15, 0.2) is 0 Å². The molecule has 0 radical (unpaired) electrons. The smallest absolute Gasteiger partial charge is 0.303 e. The van der Waals surface area contributed by atoms with Crippen LogP contribution in [-0.4, -0.2) is 22.8 Å². The van der Waals surface area contributed by atoms with E-state index in [-0.39, 0.29) is 6.42 Å². The zero-order chi connectivity index (χ0) is 18.5. The normalized spacial score (nSPS) is 19.2. The van der Waals surface area contributed by atoms with Crippen LogP contribution in [0.15, 0.2) is 29.3 Å². The highest BCUT2D eigenvalue weighted by atomic mass is 16.5. The van der Waals surface area contributed by atoms with Crippen LogP contribution in [0.4, 0.5) is 0 Å². The second kappa shape index (κ2) is 8.72. The van der Waals surface area contributed by atoms with Crippen molar-refractivity contribution in [2.45, 2.75) is 70.8 Å². The summed E-state index contributed by atoms with van der Waals surface area (Å²) in [5, 5.41) is 18.9. The monoisotopic (exact) mass is 358 g/mol. The summed E-state index contributed by atoms with van der Waals surface area (Å²) in [7, 11) is 0. The van der Waals surface area contributed by atoms with Crippen molar-refractivity contribution in [3.63, 3.8) is 0 Å². The minimum absolute atomic E-state index is 0.0670. The number of hydrogen-bond donors (Lipinski definition) is 2. The molecule has 1 saturated carbocycles. The molecule has 2 aliphatic carbocycles. The minimum Gasteiger partial charge on any atom is -0.489 e. The van der Waals surface area contributed by atoms with Crippen molar-refractivity contribution in [2.24, 2.45) is 5.92 Å². The van der Waals surface area contributed by atoms with Crippen LogP contribution < -0.4 is 4.74 Å². The van der Waals surface area contributed by atoms with Crippen LogP contribution in [0.5, 0.6) is 5.75 Å². The maximum Gasteiger partial charge on any atom is 0.303 e. The summed E-state index contributed by atoms with van der Waals surface area (Å²) >= 11 is 0. The van der Waals surface area contributed by atoms with Crippen LogP contribution in [-0.2, 0) is 11.2 Å². The predicted molar refractivity (Wildman–Crippen MR) is 101 cm³/mol. The van der Waals surface area contributed by atoms with Crippen LogP contribution >= 0.6 is 0 Å². The number of carbonyl (C=O) groups is 1. The van der Waals surface area contributed by atoms with Crippen LogP contribution in [0.1, 0.15) is 75.5 Å². The van der Waals surface area contributed by atoms with Gasteiger partial charge in [0.2, 0.25) is 0 Å². The molecule has 4 heteroatoms. The van der Waals surface area contributed by atoms with E-state index in [0.717, 1.165) is 29.2 Å². The maximum atomic E-state index is 10.8. The fourth-order valence-electron chi connectivity index (χ4n) is 4.45. The van der Waals surface area contributed by atoms with Gasteiger partial charge in [-0.1, -0.05) is 24.5 Å². The van der Waals surface area contributed by atoms with E-state index in [1.165, 1.54) is 44.1 Å². The number of carboxylic acids is 1. The van der Waals surface area contributed by atoms with Gasteiger partial charge in [0.05, 0.1) is 6.10 Å². The van der Waals surface area contributed by atoms with Gasteiger partial charge in [0, 0.05) is 6.42 Å². The summed E-state index contributed by atoms with van der Waals surface area (Å²) in [4.78, 5) is 10.8. The summed E-state index contributed by atoms with van der Waals surface area (Å²) in [6.45, 7) is 2.35. The van der Waals surface area contributed by atoms with E-state index < -0.39 is 12.1 Å². The lowest BCUT2D eigenvalue weighted by Gasteiger charge is -2.17. The molecular formula is C22H30O4. The van der Waals surface area contributed by atoms with E-state index in [2.05, 4.69) is 0 Å². The third-order valence-electron chi connectivity index (χ3n) is 5.82. The summed E-state index contributed by atoms with van der Waals surface area (Å²) < 4.78 is 6.07. The molecule has 1 unspecified atom stereocenters. The van der Waals surface area contributed by atoms with Crippen LogP contribution in [0.3, 0.4) is 0 Å². The lowest BCUT2D eigenvalue weighted by Crippen LogP contribution is -2.07. The molecule has 142 valence electrons. The largest absolute Gasteiger partial charge is 0.489 e. The van der Waals surface area contributed by atoms with Gasteiger partial charge >= 0.3 is 5.97 Å². The third kappa shape index (κ3) is 4.67. The average Bonchev–Trinajstić information content (AvgIpc) is 3.29. The number of hydrogen-bond acceptors (Lipinski definition) is 3. The predicted octanol–water partition coefficient (Wildman–Crippen LogP) is 4.81. The van der Waals surface area contributed by atoms with Crippen molar-refractivity contribution >= 4 is 5.97 Å². The van der Waals surface area contributed by atoms with Gasteiger partial charge in [-0.15, -0.1) is 0 Å². The standard InChI is InChI=1S/C22H30O4/c1-15(23)21-13-19(11-9-17(21)10-12-22(24)25)26-14-18-7-4-8-20(18)16-5-2-3-6-16/h9,11,13,15-16,23H,2-8,10,12,14H2,1H3,(H,24,25). The first-order chi connectivity index (χ1) is 12.5. The number of carboxylic acid groups (broad SMARTS) is 1. The Labute approximate surface area is 155 Å². The van der Waals surface area contributed by atoms with E-state index in [9.17, 15) is 9.90 Å². The topological polar surface area (TPSA) is 66.8 Å². The number of ether oxygens (including phenoxy) is 1. The van der Waals surface area contributed by atoms with Crippen molar-refractivity contribution in [1.82, 2.24) is 0 Å². The Morgan fingerprint density at radius 2 is 2.00 bits per heavy atom. The molecular weight excluding hydrogens is 328 g/mol. The molecule has 4 nitrogen and oxygen atoms in total. The van der Waals surface area contributed by atoms with E-state index in [0.29, 0.717) is 13.0 Å². The van der Waals surface area contributed by atoms with Crippen molar-refractivity contribution in [1.29, 1.82) is 0 Å². The van der Waals surface area contributed by atoms with E-state index in [1.807, 2.05) is 18.2 Å². The molecule has 26 heavy (non-hydrogen) atoms. The quantitative estimate of drug-likeness (QED) is 0.655. The molecule has 1 aromatic rings. The first-order valence-corrected chi connectivity index (χ1v) is 9.91. The number of benzene rings is 1. The number of rotatable bonds is 8. The van der Waals surface area contributed by atoms with Gasteiger partial charge in [-0.2, -0.15) is 0 Å². The molecule has 1 fully saturated rings. The molecule has 0 bridgehead atoms. The molecule has 1 aromatic carbocycles. The zero-order valence-electron chi connectivity index (χ0n) is 15.7. The van der Waals surface area contributed by atoms with Gasteiger partial charge in [0.25, 0.3) is 0 Å². The second-order valence-electron chi connectivity index (χ2n) is 7.68. The summed E-state index contributed by atoms with van der Waals surface area (Å²) in [6, 6.07) is 5.65. The highest BCUT2D eigenvalue weighted by Crippen LogP contribution is 2.40. The van der Waals surface area contributed by atoms with Gasteiger partial charge in [-0.25, -0.2) is 0 Å². The van der Waals surface area contributed by atoms with Crippen LogP contribution in [0, 0.1) is 5.92 Å². The van der Waals surface area contributed by atoms with E-state index >= 15 is 0 Å². The van der Waals surface area contributed by atoms with Crippen LogP contribution in [0.2, 0.25) is 0 Å². The number of aliphatic hydroxyl groups is 1. The number of aliphatic carboxylic acids is 1. The maximum absolute atomic E-state index is 10.8. The van der Waals surface area contributed by atoms with Gasteiger partial charge in [-0.3, -0.25) is 4.79 Å². The molecule has 0 aromatic heterocycles. The van der Waals surface area contributed by atoms with Gasteiger partial charge < -0.3 is 14.9 Å². The molecule has 0 heterocycles. The Hall–Kier alpha value is -1.81. The highest BCUT2D eigenvalue weighted by Gasteiger charge is 2.25. The number of aryl methyl sites for hydroxylation is 1. The Morgan fingerprint density at radius 1 is 1.23 bits per heavy atom. The molecule has 0 amide bonds. The molecule has 0 spiro atoms. The zero-order valence-corrected chi connectivity index (χ0v) is 15.7. The molecule has 0 saturated heterocycles. The number of allylic oxidation sites excluding steroid dienone is 1. The lowest BCUT2D eigenvalue weighted by atomic mass is 9.94. The molecule has 1 atom stereocenters. The highest BCUT2D eigenvalue weighted by molar-refractivity contribution is 5.67. The first-order valence-electron chi connectivity index (χ1n) is 9.91. The van der Waals surface area contributed by atoms with E-state index in [1.54, 1.807) is 12.5 Å². The fraction of sp³-hybridized carbons (Fsp3) is 0.591. The van der Waals surface area contributed by atoms with E-state index in [4.69, 9.17) is 9.84 Å². The number of aliphatic hydroxyl groups excluding tert-OH is 1. The van der Waals surface area contributed by atoms with Crippen LogP contribution in [0.25, 0.3) is 0 Å². The summed E-state index contributed by atoms with van der Waals surface area (Å²) in [5.74, 6) is 0.710. The van der Waals surface area contributed by atoms with Gasteiger partial charge in [0.1, 0.15) is 12.4 Å². The SMILES string of the molecule is CC(O)c1cc(OCC2=C(C3CCCC3)CCC2)ccc1CCC(=O)O. The van der Waals surface area contributed by atoms with Gasteiger partial charge in [-0.05, 0) is 80.2 Å². The van der Waals surface area contributed by atoms with Crippen molar-refractivity contribution in [3.8, 4) is 5.75 Å². The second-order valence-corrected chi connectivity index (χ2v) is 7.68. The Morgan fingerprint density at radius 3 is 2.69 bits per heavy atom. The Bertz CT molecular complexity index is 669.